The van der Waals surface area contributed by atoms with Crippen LogP contribution < -0.4 is 5.73 Å². The van der Waals surface area contributed by atoms with Crippen LogP contribution >= 0.6 is 12.4 Å². The summed E-state index contributed by atoms with van der Waals surface area (Å²) in [5.41, 5.74) is 7.90. The predicted molar refractivity (Wildman–Crippen MR) is 103 cm³/mol. The van der Waals surface area contributed by atoms with Crippen molar-refractivity contribution in [2.24, 2.45) is 5.73 Å². The fraction of sp³-hybridized carbons (Fsp3) is 0.368. The molecule has 8 heteroatoms. The van der Waals surface area contributed by atoms with E-state index in [0.717, 1.165) is 35.7 Å². The molecule has 1 saturated heterocycles. The van der Waals surface area contributed by atoms with Crippen molar-refractivity contribution in [2.45, 2.75) is 38.3 Å². The van der Waals surface area contributed by atoms with Gasteiger partial charge in [0, 0.05) is 24.5 Å². The summed E-state index contributed by atoms with van der Waals surface area (Å²) in [6, 6.07) is 9.56. The Morgan fingerprint density at radius 2 is 2.07 bits per heavy atom. The topological polar surface area (TPSA) is 98.1 Å². The number of rotatable bonds is 4. The van der Waals surface area contributed by atoms with E-state index < -0.39 is 6.04 Å². The highest BCUT2D eigenvalue weighted by atomic mass is 35.5. The highest BCUT2D eigenvalue weighted by molar-refractivity contribution is 5.85. The van der Waals surface area contributed by atoms with Crippen LogP contribution in [-0.4, -0.2) is 38.5 Å². The van der Waals surface area contributed by atoms with E-state index in [-0.39, 0.29) is 18.3 Å². The molecule has 3 heterocycles. The zero-order chi connectivity index (χ0) is 17.9. The number of nitrogens with zero attached hydrogens (tertiary/aromatic N) is 4. The standard InChI is InChI=1S/C19H21N5O2.ClH/c20-15-8-1-2-10-24(19(15)25)12-17-22-16(23-26-17)11-14-6-3-5-13-7-4-9-21-18(13)14;/h3-7,9,15H,1-2,8,10-12,20H2;1H. The van der Waals surface area contributed by atoms with Crippen molar-refractivity contribution in [3.63, 3.8) is 0 Å². The molecular formula is C19H22ClN5O2. The Kier molecular flexibility index (Phi) is 6.03. The van der Waals surface area contributed by atoms with Crippen molar-refractivity contribution in [1.82, 2.24) is 20.0 Å². The van der Waals surface area contributed by atoms with E-state index in [1.807, 2.05) is 30.3 Å². The second kappa shape index (κ2) is 8.45. The summed E-state index contributed by atoms with van der Waals surface area (Å²) >= 11 is 0. The molecule has 1 aliphatic heterocycles. The van der Waals surface area contributed by atoms with E-state index in [2.05, 4.69) is 15.1 Å². The molecule has 0 saturated carbocycles. The highest BCUT2D eigenvalue weighted by Crippen LogP contribution is 2.19. The largest absolute Gasteiger partial charge is 0.337 e. The number of benzene rings is 1. The van der Waals surface area contributed by atoms with Gasteiger partial charge in [0.1, 0.15) is 6.54 Å². The average molecular weight is 388 g/mol. The van der Waals surface area contributed by atoms with E-state index in [1.165, 1.54) is 0 Å². The molecular weight excluding hydrogens is 366 g/mol. The summed E-state index contributed by atoms with van der Waals surface area (Å²) in [5, 5.41) is 5.15. The summed E-state index contributed by atoms with van der Waals surface area (Å²) in [7, 11) is 0. The molecule has 3 aromatic rings. The van der Waals surface area contributed by atoms with Crippen LogP contribution in [0, 0.1) is 0 Å². The first-order valence-corrected chi connectivity index (χ1v) is 8.89. The molecule has 1 atom stereocenters. The first kappa shape index (κ1) is 19.3. The van der Waals surface area contributed by atoms with Gasteiger partial charge in [-0.1, -0.05) is 29.4 Å². The van der Waals surface area contributed by atoms with Crippen molar-refractivity contribution in [3.05, 3.63) is 53.8 Å². The van der Waals surface area contributed by atoms with Gasteiger partial charge in [0.05, 0.1) is 11.6 Å². The van der Waals surface area contributed by atoms with Crippen molar-refractivity contribution in [2.75, 3.05) is 6.54 Å². The van der Waals surface area contributed by atoms with Crippen LogP contribution in [0.15, 0.2) is 41.1 Å². The van der Waals surface area contributed by atoms with Crippen molar-refractivity contribution in [3.8, 4) is 0 Å². The maximum atomic E-state index is 12.3. The minimum absolute atomic E-state index is 0. The van der Waals surface area contributed by atoms with Gasteiger partial charge in [0.25, 0.3) is 0 Å². The molecule has 2 N–H and O–H groups in total. The molecule has 1 aromatic carbocycles. The number of carbonyl (C=O) groups is 1. The quantitative estimate of drug-likeness (QED) is 0.738. The Labute approximate surface area is 163 Å². The number of amides is 1. The third-order valence-electron chi connectivity index (χ3n) is 4.72. The Hall–Kier alpha value is -2.51. The molecule has 1 amide bonds. The number of aromatic nitrogens is 3. The number of hydrogen-bond donors (Lipinski definition) is 1. The second-order valence-corrected chi connectivity index (χ2v) is 6.64. The fourth-order valence-electron chi connectivity index (χ4n) is 3.36. The lowest BCUT2D eigenvalue weighted by atomic mass is 10.1. The Bertz CT molecular complexity index is 924. The molecule has 0 radical (unpaired) electrons. The number of fused-ring (bicyclic) bond motifs is 1. The van der Waals surface area contributed by atoms with Crippen LogP contribution in [0.25, 0.3) is 10.9 Å². The van der Waals surface area contributed by atoms with Crippen LogP contribution in [0.4, 0.5) is 0 Å². The minimum Gasteiger partial charge on any atom is -0.337 e. The summed E-state index contributed by atoms with van der Waals surface area (Å²) in [5.74, 6) is 0.987. The van der Waals surface area contributed by atoms with Crippen LogP contribution in [0.3, 0.4) is 0 Å². The molecule has 1 aliphatic rings. The maximum absolute atomic E-state index is 12.3. The number of carbonyl (C=O) groups excluding carboxylic acids is 1. The lowest BCUT2D eigenvalue weighted by Gasteiger charge is -2.20. The van der Waals surface area contributed by atoms with E-state index >= 15 is 0 Å². The number of pyridine rings is 1. The van der Waals surface area contributed by atoms with E-state index in [4.69, 9.17) is 10.3 Å². The van der Waals surface area contributed by atoms with Crippen molar-refractivity contribution >= 4 is 29.2 Å². The number of likely N-dealkylation sites (tertiary alicyclic amines) is 1. The Morgan fingerprint density at radius 3 is 2.96 bits per heavy atom. The van der Waals surface area contributed by atoms with Crippen molar-refractivity contribution < 1.29 is 9.32 Å². The molecule has 27 heavy (non-hydrogen) atoms. The van der Waals surface area contributed by atoms with Gasteiger partial charge in [0.2, 0.25) is 11.8 Å². The molecule has 0 spiro atoms. The van der Waals surface area contributed by atoms with Gasteiger partial charge in [0.15, 0.2) is 5.82 Å². The van der Waals surface area contributed by atoms with Gasteiger partial charge < -0.3 is 15.2 Å². The molecule has 4 rings (SSSR count). The third kappa shape index (κ3) is 4.26. The van der Waals surface area contributed by atoms with Gasteiger partial charge in [-0.2, -0.15) is 4.98 Å². The SMILES string of the molecule is Cl.NC1CCCCN(Cc2nc(Cc3cccc4cccnc34)no2)C1=O. The van der Waals surface area contributed by atoms with Gasteiger partial charge in [-0.05, 0) is 30.9 Å². The number of nitrogens with two attached hydrogens (primary N) is 1. The zero-order valence-corrected chi connectivity index (χ0v) is 15.7. The number of halogens is 1. The molecule has 7 nitrogen and oxygen atoms in total. The van der Waals surface area contributed by atoms with E-state index in [0.29, 0.717) is 31.2 Å². The minimum atomic E-state index is -0.429. The zero-order valence-electron chi connectivity index (χ0n) is 14.9. The van der Waals surface area contributed by atoms with Crippen LogP contribution in [0.1, 0.15) is 36.5 Å². The van der Waals surface area contributed by atoms with Crippen LogP contribution in [0.5, 0.6) is 0 Å². The molecule has 0 aliphatic carbocycles. The summed E-state index contributed by atoms with van der Waals surface area (Å²) < 4.78 is 5.36. The molecule has 142 valence electrons. The maximum Gasteiger partial charge on any atom is 0.246 e. The molecule has 1 fully saturated rings. The average Bonchev–Trinajstić information content (AvgIpc) is 3.04. The summed E-state index contributed by atoms with van der Waals surface area (Å²) in [6.07, 6.45) is 4.96. The normalized spacial score (nSPS) is 17.6. The van der Waals surface area contributed by atoms with Crippen molar-refractivity contribution in [1.29, 1.82) is 0 Å². The van der Waals surface area contributed by atoms with E-state index in [1.54, 1.807) is 11.1 Å². The lowest BCUT2D eigenvalue weighted by molar-refractivity contribution is -0.133. The van der Waals surface area contributed by atoms with Gasteiger partial charge in [-0.15, -0.1) is 12.4 Å². The number of hydrogen-bond acceptors (Lipinski definition) is 6. The number of para-hydroxylation sites is 1. The molecule has 1 unspecified atom stereocenters. The third-order valence-corrected chi connectivity index (χ3v) is 4.72. The summed E-state index contributed by atoms with van der Waals surface area (Å²) in [4.78, 5) is 22.9. The highest BCUT2D eigenvalue weighted by Gasteiger charge is 2.25. The van der Waals surface area contributed by atoms with Crippen LogP contribution in [0.2, 0.25) is 0 Å². The first-order chi connectivity index (χ1) is 12.7. The van der Waals surface area contributed by atoms with E-state index in [9.17, 15) is 4.79 Å². The Morgan fingerprint density at radius 1 is 1.22 bits per heavy atom. The predicted octanol–water partition coefficient (Wildman–Crippen LogP) is 2.47. The fourth-order valence-corrected chi connectivity index (χ4v) is 3.36. The Balaban J connectivity index is 0.00000210. The summed E-state index contributed by atoms with van der Waals surface area (Å²) in [6.45, 7) is 0.991. The second-order valence-electron chi connectivity index (χ2n) is 6.64. The lowest BCUT2D eigenvalue weighted by Crippen LogP contribution is -2.41. The van der Waals surface area contributed by atoms with Gasteiger partial charge in [-0.25, -0.2) is 0 Å². The molecule has 0 bridgehead atoms. The van der Waals surface area contributed by atoms with Gasteiger partial charge in [-0.3, -0.25) is 9.78 Å². The smallest absolute Gasteiger partial charge is 0.246 e. The first-order valence-electron chi connectivity index (χ1n) is 8.89. The molecule has 2 aromatic heterocycles. The van der Waals surface area contributed by atoms with Crippen LogP contribution in [-0.2, 0) is 17.8 Å². The monoisotopic (exact) mass is 387 g/mol. The van der Waals surface area contributed by atoms with Gasteiger partial charge >= 0.3 is 0 Å².